The highest BCUT2D eigenvalue weighted by atomic mass is 15.0. The van der Waals surface area contributed by atoms with Crippen LogP contribution in [-0.2, 0) is 10.8 Å². The fourth-order valence-corrected chi connectivity index (χ4v) is 11.5. The van der Waals surface area contributed by atoms with Gasteiger partial charge in [0.25, 0.3) is 0 Å². The normalized spacial score (nSPS) is 17.6. The Labute approximate surface area is 344 Å². The van der Waals surface area contributed by atoms with Crippen LogP contribution in [0.25, 0.3) is 61.2 Å². The molecule has 0 radical (unpaired) electrons. The molecule has 0 saturated heterocycles. The second kappa shape index (κ2) is 12.0. The molecular formula is C58H37N. The van der Waals surface area contributed by atoms with Crippen LogP contribution in [0.2, 0.25) is 0 Å². The number of benzene rings is 9. The number of aromatic nitrogens is 1. The zero-order valence-electron chi connectivity index (χ0n) is 32.3. The molecule has 1 heteroatoms. The van der Waals surface area contributed by atoms with E-state index in [1.165, 1.54) is 100 Å². The lowest BCUT2D eigenvalue weighted by molar-refractivity contribution is 0.636. The van der Waals surface area contributed by atoms with Gasteiger partial charge in [0.05, 0.1) is 22.0 Å². The number of para-hydroxylation sites is 2. The maximum atomic E-state index is 2.46. The molecule has 1 spiro atoms. The molecule has 3 aliphatic carbocycles. The molecule has 0 amide bonds. The molecule has 1 nitrogen and oxygen atoms in total. The first-order valence-electron chi connectivity index (χ1n) is 20.7. The molecular weight excluding hydrogens is 711 g/mol. The van der Waals surface area contributed by atoms with Gasteiger partial charge >= 0.3 is 0 Å². The van der Waals surface area contributed by atoms with Crippen molar-refractivity contribution >= 4 is 10.9 Å². The minimum absolute atomic E-state index is 0.433. The van der Waals surface area contributed by atoms with Crippen LogP contribution in [0.5, 0.6) is 0 Å². The van der Waals surface area contributed by atoms with Crippen LogP contribution in [0, 0.1) is 0 Å². The van der Waals surface area contributed by atoms with Crippen LogP contribution in [0.15, 0.2) is 224 Å². The first-order valence-corrected chi connectivity index (χ1v) is 20.7. The van der Waals surface area contributed by atoms with Gasteiger partial charge in [0.15, 0.2) is 0 Å². The van der Waals surface area contributed by atoms with Crippen molar-refractivity contribution < 1.29 is 0 Å². The average Bonchev–Trinajstić information content (AvgIpc) is 3.95. The number of fused-ring (bicyclic) bond motifs is 13. The van der Waals surface area contributed by atoms with Crippen molar-refractivity contribution in [1.29, 1.82) is 0 Å². The van der Waals surface area contributed by atoms with Gasteiger partial charge in [-0.25, -0.2) is 0 Å². The largest absolute Gasteiger partial charge is 0.309 e. The second-order valence-electron chi connectivity index (χ2n) is 16.3. The molecule has 274 valence electrons. The summed E-state index contributed by atoms with van der Waals surface area (Å²) in [5.41, 5.74) is 22.5. The third kappa shape index (κ3) is 4.14. The van der Waals surface area contributed by atoms with Gasteiger partial charge in [0.1, 0.15) is 0 Å². The van der Waals surface area contributed by atoms with E-state index in [1.807, 2.05) is 0 Å². The van der Waals surface area contributed by atoms with E-state index in [1.54, 1.807) is 0 Å². The predicted molar refractivity (Wildman–Crippen MR) is 242 cm³/mol. The van der Waals surface area contributed by atoms with Gasteiger partial charge in [0.2, 0.25) is 0 Å². The van der Waals surface area contributed by atoms with E-state index < -0.39 is 10.8 Å². The molecule has 3 aliphatic rings. The molecule has 1 aromatic heterocycles. The second-order valence-corrected chi connectivity index (χ2v) is 16.3. The Kier molecular flexibility index (Phi) is 6.64. The van der Waals surface area contributed by atoms with Crippen LogP contribution in [0.3, 0.4) is 0 Å². The molecule has 0 fully saturated rings. The van der Waals surface area contributed by atoms with E-state index in [9.17, 15) is 0 Å². The number of nitrogens with zero attached hydrogens (tertiary/aromatic N) is 1. The van der Waals surface area contributed by atoms with Crippen molar-refractivity contribution in [3.05, 3.63) is 269 Å². The van der Waals surface area contributed by atoms with Crippen molar-refractivity contribution in [2.24, 2.45) is 0 Å². The van der Waals surface area contributed by atoms with Gasteiger partial charge in [-0.2, -0.15) is 0 Å². The summed E-state index contributed by atoms with van der Waals surface area (Å²) in [4.78, 5) is 0. The quantitative estimate of drug-likeness (QED) is 0.169. The minimum Gasteiger partial charge on any atom is -0.309 e. The summed E-state index contributed by atoms with van der Waals surface area (Å²) in [6.45, 7) is 0. The van der Waals surface area contributed by atoms with Crippen LogP contribution in [0.4, 0.5) is 0 Å². The average molecular weight is 748 g/mol. The summed E-state index contributed by atoms with van der Waals surface area (Å²) >= 11 is 0. The molecule has 0 N–H and O–H groups in total. The molecule has 59 heavy (non-hydrogen) atoms. The molecule has 9 aromatic carbocycles. The summed E-state index contributed by atoms with van der Waals surface area (Å²) in [7, 11) is 0. The van der Waals surface area contributed by atoms with Gasteiger partial charge in [-0.15, -0.1) is 0 Å². The monoisotopic (exact) mass is 747 g/mol. The fourth-order valence-electron chi connectivity index (χ4n) is 11.5. The summed E-state index contributed by atoms with van der Waals surface area (Å²) in [5.74, 6) is 0. The van der Waals surface area contributed by atoms with Crippen molar-refractivity contribution in [2.45, 2.75) is 10.8 Å². The van der Waals surface area contributed by atoms with Crippen molar-refractivity contribution in [1.82, 2.24) is 4.57 Å². The zero-order valence-corrected chi connectivity index (χ0v) is 32.3. The van der Waals surface area contributed by atoms with Gasteiger partial charge in [-0.05, 0) is 114 Å². The topological polar surface area (TPSA) is 4.93 Å². The Bertz CT molecular complexity index is 3320. The highest BCUT2D eigenvalue weighted by Crippen LogP contribution is 2.68. The van der Waals surface area contributed by atoms with Gasteiger partial charge in [-0.3, -0.25) is 0 Å². The van der Waals surface area contributed by atoms with E-state index >= 15 is 0 Å². The Morgan fingerprint density at radius 3 is 1.59 bits per heavy atom. The first kappa shape index (κ1) is 32.6. The number of hydrogen-bond donors (Lipinski definition) is 0. The highest BCUT2D eigenvalue weighted by Gasteiger charge is 2.59. The van der Waals surface area contributed by atoms with Crippen molar-refractivity contribution in [3.63, 3.8) is 0 Å². The summed E-state index contributed by atoms with van der Waals surface area (Å²) in [5, 5.41) is 1.24. The number of rotatable bonds is 4. The summed E-state index contributed by atoms with van der Waals surface area (Å²) in [6, 6.07) is 84.1. The standard InChI is InChI=1S/C58H37N/c1-3-17-42(18-4-1)57-48-24-10-8-21-44(48)46-23-15-28-53(56(46)57)58(52-27-13-12-26-51(52)57)49-25-11-9-22-45(49)47-36-40(34-35-50(47)58)38-30-32-39(33-31-38)55-37-41-16-7-14-29-54(41)59(55)43-19-5-2-6-20-43/h1-37H. The molecule has 0 aliphatic heterocycles. The van der Waals surface area contributed by atoms with Crippen LogP contribution < -0.4 is 0 Å². The molecule has 13 rings (SSSR count). The Morgan fingerprint density at radius 1 is 0.305 bits per heavy atom. The van der Waals surface area contributed by atoms with Crippen LogP contribution >= 0.6 is 0 Å². The lowest BCUT2D eigenvalue weighted by atomic mass is 9.52. The van der Waals surface area contributed by atoms with E-state index in [2.05, 4.69) is 229 Å². The highest BCUT2D eigenvalue weighted by molar-refractivity contribution is 5.97. The Hall–Kier alpha value is -7.48. The van der Waals surface area contributed by atoms with E-state index in [0.717, 1.165) is 5.69 Å². The Morgan fingerprint density at radius 2 is 0.831 bits per heavy atom. The molecule has 1 heterocycles. The van der Waals surface area contributed by atoms with E-state index in [-0.39, 0.29) is 0 Å². The SMILES string of the molecule is c1ccc(-n2c(-c3ccc(-c4ccc5c(c4)-c4ccccc4C54c5ccccc5C5(c6ccccc6)c6ccccc6-c6cccc4c65)cc3)cc3ccccc32)cc1. The van der Waals surface area contributed by atoms with Crippen LogP contribution in [0.1, 0.15) is 44.5 Å². The van der Waals surface area contributed by atoms with Crippen molar-refractivity contribution in [3.8, 4) is 50.3 Å². The molecule has 0 saturated carbocycles. The van der Waals surface area contributed by atoms with Gasteiger partial charge in [-0.1, -0.05) is 194 Å². The van der Waals surface area contributed by atoms with Crippen LogP contribution in [-0.4, -0.2) is 4.57 Å². The first-order chi connectivity index (χ1) is 29.3. The molecule has 0 bridgehead atoms. The maximum absolute atomic E-state index is 2.46. The van der Waals surface area contributed by atoms with E-state index in [4.69, 9.17) is 0 Å². The third-order valence-electron chi connectivity index (χ3n) is 13.7. The minimum atomic E-state index is -0.485. The lowest BCUT2D eigenvalue weighted by Crippen LogP contribution is -2.43. The number of hydrogen-bond acceptors (Lipinski definition) is 0. The summed E-state index contributed by atoms with van der Waals surface area (Å²) in [6.07, 6.45) is 0. The fraction of sp³-hybridized carbons (Fsp3) is 0.0345. The summed E-state index contributed by atoms with van der Waals surface area (Å²) < 4.78 is 2.38. The third-order valence-corrected chi connectivity index (χ3v) is 13.7. The van der Waals surface area contributed by atoms with Gasteiger partial charge < -0.3 is 4.57 Å². The van der Waals surface area contributed by atoms with Gasteiger partial charge in [0, 0.05) is 11.1 Å². The lowest BCUT2D eigenvalue weighted by Gasteiger charge is -2.48. The predicted octanol–water partition coefficient (Wildman–Crippen LogP) is 14.0. The molecule has 2 unspecified atom stereocenters. The zero-order chi connectivity index (χ0) is 38.7. The maximum Gasteiger partial charge on any atom is 0.0720 e. The smallest absolute Gasteiger partial charge is 0.0720 e. The molecule has 10 aromatic rings. The van der Waals surface area contributed by atoms with E-state index in [0.29, 0.717) is 0 Å². The van der Waals surface area contributed by atoms with Crippen molar-refractivity contribution in [2.75, 3.05) is 0 Å². The Balaban J connectivity index is 1.02. The molecule has 2 atom stereocenters.